The van der Waals surface area contributed by atoms with Crippen molar-refractivity contribution in [1.82, 2.24) is 15.6 Å². The van der Waals surface area contributed by atoms with Gasteiger partial charge < -0.3 is 22.5 Å². The zero-order valence-corrected chi connectivity index (χ0v) is 14.2. The molecule has 0 aliphatic heterocycles. The van der Waals surface area contributed by atoms with Gasteiger partial charge in [0.25, 0.3) is 0 Å². The Bertz CT molecular complexity index is 626. The molecule has 9 nitrogen and oxygen atoms in total. The van der Waals surface area contributed by atoms with Crippen molar-refractivity contribution in [3.05, 3.63) is 11.1 Å². The molecule has 1 aliphatic carbocycles. The monoisotopic (exact) mass is 349 g/mol. The zero-order valence-electron chi connectivity index (χ0n) is 13.4. The van der Waals surface area contributed by atoms with Crippen molar-refractivity contribution in [3.63, 3.8) is 0 Å². The fourth-order valence-corrected chi connectivity index (χ4v) is 3.55. The summed E-state index contributed by atoms with van der Waals surface area (Å²) in [7, 11) is 0. The van der Waals surface area contributed by atoms with Gasteiger partial charge in [-0.15, -0.1) is 11.3 Å². The van der Waals surface area contributed by atoms with Gasteiger partial charge in [-0.2, -0.15) is 10.3 Å². The Hall–Kier alpha value is -2.38. The maximum absolute atomic E-state index is 8.82. The highest BCUT2D eigenvalue weighted by Crippen LogP contribution is 2.34. The Morgan fingerprint density at radius 1 is 1.46 bits per heavy atom. The molecule has 1 fully saturated rings. The van der Waals surface area contributed by atoms with E-state index in [9.17, 15) is 0 Å². The van der Waals surface area contributed by atoms with Crippen LogP contribution in [0.2, 0.25) is 0 Å². The van der Waals surface area contributed by atoms with Gasteiger partial charge in [0.1, 0.15) is 0 Å². The summed E-state index contributed by atoms with van der Waals surface area (Å²) in [6.45, 7) is 0.916. The lowest BCUT2D eigenvalue weighted by atomic mass is 9.84. The van der Waals surface area contributed by atoms with Crippen LogP contribution >= 0.6 is 11.3 Å². The number of hydrogen-bond donors (Lipinski definition) is 5. The van der Waals surface area contributed by atoms with E-state index in [2.05, 4.69) is 25.6 Å². The van der Waals surface area contributed by atoms with Crippen molar-refractivity contribution in [1.29, 1.82) is 5.26 Å². The third-order valence-corrected chi connectivity index (χ3v) is 4.49. The highest BCUT2D eigenvalue weighted by molar-refractivity contribution is 7.13. The average molecular weight is 349 g/mol. The molecule has 1 aromatic rings. The molecule has 2 atom stereocenters. The number of guanidine groups is 2. The van der Waals surface area contributed by atoms with Gasteiger partial charge in [-0.05, 0) is 19.3 Å². The van der Waals surface area contributed by atoms with E-state index in [4.69, 9.17) is 22.5 Å². The molecule has 1 aliphatic rings. The maximum atomic E-state index is 8.82. The van der Waals surface area contributed by atoms with E-state index in [-0.39, 0.29) is 12.0 Å². The second-order valence-electron chi connectivity index (χ2n) is 5.55. The molecular weight excluding hydrogens is 326 g/mol. The fraction of sp³-hybridized carbons (Fsp3) is 0.571. The first-order valence-electron chi connectivity index (χ1n) is 7.83. The summed E-state index contributed by atoms with van der Waals surface area (Å²) >= 11 is 1.43. The summed E-state index contributed by atoms with van der Waals surface area (Å²) < 4.78 is 0. The van der Waals surface area contributed by atoms with E-state index in [0.29, 0.717) is 30.1 Å². The van der Waals surface area contributed by atoms with Crippen LogP contribution in [-0.4, -0.2) is 36.0 Å². The molecule has 130 valence electrons. The SMILES string of the molecule is N#CNC(=NCCN)NC1CCCC(c2csc(N=C(N)N)n2)C1. The van der Waals surface area contributed by atoms with Gasteiger partial charge >= 0.3 is 0 Å². The van der Waals surface area contributed by atoms with Crippen LogP contribution in [0.5, 0.6) is 0 Å². The molecule has 10 heteroatoms. The molecule has 1 heterocycles. The number of nitriles is 1. The Balaban J connectivity index is 1.99. The number of aromatic nitrogens is 1. The molecule has 2 unspecified atom stereocenters. The highest BCUT2D eigenvalue weighted by atomic mass is 32.1. The molecule has 0 radical (unpaired) electrons. The first-order valence-corrected chi connectivity index (χ1v) is 8.71. The standard InChI is InChI=1S/C14H23N9S/c15-4-5-19-13(20-8-16)21-10-3-1-2-9(6-10)11-7-24-14(22-11)23-12(17)18/h7,9-10H,1-6,15H2,(H2,19,20,21)(H4,17,18,22,23). The molecule has 0 aromatic carbocycles. The lowest BCUT2D eigenvalue weighted by molar-refractivity contribution is 0.365. The minimum absolute atomic E-state index is 0.0161. The Kier molecular flexibility index (Phi) is 6.77. The fourth-order valence-electron chi connectivity index (χ4n) is 2.76. The van der Waals surface area contributed by atoms with Crippen molar-refractivity contribution >= 4 is 28.4 Å². The predicted molar refractivity (Wildman–Crippen MR) is 95.8 cm³/mol. The maximum Gasteiger partial charge on any atom is 0.212 e. The minimum atomic E-state index is 0.0161. The van der Waals surface area contributed by atoms with Crippen LogP contribution in [0, 0.1) is 11.5 Å². The van der Waals surface area contributed by atoms with Crippen molar-refractivity contribution in [3.8, 4) is 6.19 Å². The zero-order chi connectivity index (χ0) is 17.4. The molecule has 0 amide bonds. The Morgan fingerprint density at radius 2 is 2.29 bits per heavy atom. The highest BCUT2D eigenvalue weighted by Gasteiger charge is 2.25. The topological polar surface area (TPSA) is 164 Å². The molecule has 0 saturated heterocycles. The van der Waals surface area contributed by atoms with E-state index in [1.165, 1.54) is 11.3 Å². The second-order valence-corrected chi connectivity index (χ2v) is 6.39. The molecule has 1 saturated carbocycles. The third-order valence-electron chi connectivity index (χ3n) is 3.74. The van der Waals surface area contributed by atoms with Gasteiger partial charge in [-0.25, -0.2) is 4.98 Å². The molecule has 0 bridgehead atoms. The number of hydrogen-bond acceptors (Lipinski definition) is 6. The average Bonchev–Trinajstić information content (AvgIpc) is 3.01. The van der Waals surface area contributed by atoms with Gasteiger partial charge in [0, 0.05) is 23.9 Å². The van der Waals surface area contributed by atoms with E-state index in [0.717, 1.165) is 31.4 Å². The van der Waals surface area contributed by atoms with E-state index < -0.39 is 0 Å². The lowest BCUT2D eigenvalue weighted by Gasteiger charge is -2.29. The van der Waals surface area contributed by atoms with Crippen molar-refractivity contribution in [2.45, 2.75) is 37.6 Å². The summed E-state index contributed by atoms with van der Waals surface area (Å²) in [5.41, 5.74) is 17.2. The molecule has 2 rings (SSSR count). The van der Waals surface area contributed by atoms with Crippen LogP contribution in [0.1, 0.15) is 37.3 Å². The first kappa shape index (κ1) is 18.0. The third kappa shape index (κ3) is 5.36. The van der Waals surface area contributed by atoms with Crippen LogP contribution in [0.4, 0.5) is 5.13 Å². The lowest BCUT2D eigenvalue weighted by Crippen LogP contribution is -2.44. The Labute approximate surface area is 145 Å². The quantitative estimate of drug-likeness (QED) is 0.217. The van der Waals surface area contributed by atoms with Crippen LogP contribution in [0.15, 0.2) is 15.4 Å². The number of aliphatic imine (C=N–C) groups is 2. The van der Waals surface area contributed by atoms with Crippen LogP contribution in [-0.2, 0) is 0 Å². The van der Waals surface area contributed by atoms with Crippen LogP contribution < -0.4 is 27.8 Å². The smallest absolute Gasteiger partial charge is 0.212 e. The molecule has 0 spiro atoms. The van der Waals surface area contributed by atoms with Gasteiger partial charge in [0.15, 0.2) is 12.2 Å². The van der Waals surface area contributed by atoms with Crippen LogP contribution in [0.25, 0.3) is 0 Å². The number of thiazole rings is 1. The van der Waals surface area contributed by atoms with E-state index in [1.54, 1.807) is 0 Å². The van der Waals surface area contributed by atoms with Gasteiger partial charge in [0.05, 0.1) is 12.2 Å². The summed E-state index contributed by atoms with van der Waals surface area (Å²) in [4.78, 5) is 12.7. The summed E-state index contributed by atoms with van der Waals surface area (Å²) in [5, 5.41) is 17.3. The molecular formula is C14H23N9S. The van der Waals surface area contributed by atoms with Gasteiger partial charge in [-0.3, -0.25) is 10.3 Å². The minimum Gasteiger partial charge on any atom is -0.370 e. The van der Waals surface area contributed by atoms with Crippen LogP contribution in [0.3, 0.4) is 0 Å². The van der Waals surface area contributed by atoms with E-state index >= 15 is 0 Å². The van der Waals surface area contributed by atoms with Crippen molar-refractivity contribution < 1.29 is 0 Å². The van der Waals surface area contributed by atoms with E-state index in [1.807, 2.05) is 11.6 Å². The Morgan fingerprint density at radius 3 is 3.00 bits per heavy atom. The summed E-state index contributed by atoms with van der Waals surface area (Å²) in [6, 6.07) is 0.231. The molecule has 8 N–H and O–H groups in total. The normalized spacial score (nSPS) is 20.9. The number of nitrogens with zero attached hydrogens (tertiary/aromatic N) is 4. The summed E-state index contributed by atoms with van der Waals surface area (Å²) in [6.07, 6.45) is 5.99. The first-order chi connectivity index (χ1) is 11.6. The van der Waals surface area contributed by atoms with Gasteiger partial charge in [0.2, 0.25) is 11.1 Å². The molecule has 1 aromatic heterocycles. The number of nitrogens with one attached hydrogen (secondary N) is 2. The summed E-state index contributed by atoms with van der Waals surface area (Å²) in [5.74, 6) is 0.837. The predicted octanol–water partition coefficient (Wildman–Crippen LogP) is 0.0492. The van der Waals surface area contributed by atoms with Crippen molar-refractivity contribution in [2.24, 2.45) is 27.2 Å². The molecule has 24 heavy (non-hydrogen) atoms. The number of nitrogens with two attached hydrogens (primary N) is 3. The van der Waals surface area contributed by atoms with Crippen molar-refractivity contribution in [2.75, 3.05) is 13.1 Å². The second kappa shape index (κ2) is 9.05. The largest absolute Gasteiger partial charge is 0.370 e. The van der Waals surface area contributed by atoms with Gasteiger partial charge in [-0.1, -0.05) is 6.42 Å². The number of rotatable bonds is 5.